The molecule has 0 amide bonds. The third kappa shape index (κ3) is 3.76. The minimum Gasteiger partial charge on any atom is -0.241 e. The first-order chi connectivity index (χ1) is 11.0. The third-order valence-electron chi connectivity index (χ3n) is 3.06. The maximum atomic E-state index is 12.2. The van der Waals surface area contributed by atoms with Gasteiger partial charge in [-0.1, -0.05) is 35.3 Å². The lowest BCUT2D eigenvalue weighted by atomic mass is 10.2. The summed E-state index contributed by atoms with van der Waals surface area (Å²) in [5.41, 5.74) is 1.73. The maximum Gasteiger partial charge on any atom is 0.250 e. The molecule has 0 radical (unpaired) electrons. The predicted octanol–water partition coefficient (Wildman–Crippen LogP) is 3.72. The van der Waals surface area contributed by atoms with Crippen LogP contribution in [0.25, 0.3) is 5.69 Å². The van der Waals surface area contributed by atoms with E-state index in [1.165, 1.54) is 6.07 Å². The van der Waals surface area contributed by atoms with Crippen LogP contribution in [0.2, 0.25) is 9.36 Å². The summed E-state index contributed by atoms with van der Waals surface area (Å²) in [5, 5.41) is 4.37. The second-order valence-corrected chi connectivity index (χ2v) is 8.68. The average Bonchev–Trinajstić information content (AvgIpc) is 3.17. The number of hydrogen-bond acceptors (Lipinski definition) is 4. The number of rotatable bonds is 5. The second kappa shape index (κ2) is 6.62. The summed E-state index contributed by atoms with van der Waals surface area (Å²) in [6, 6.07) is 10.6. The van der Waals surface area contributed by atoms with Crippen molar-refractivity contribution in [3.8, 4) is 5.69 Å². The Labute approximate surface area is 147 Å². The molecule has 0 aliphatic heterocycles. The smallest absolute Gasteiger partial charge is 0.241 e. The van der Waals surface area contributed by atoms with Crippen molar-refractivity contribution >= 4 is 44.6 Å². The van der Waals surface area contributed by atoms with Crippen molar-refractivity contribution in [3.05, 3.63) is 63.7 Å². The van der Waals surface area contributed by atoms with E-state index in [-0.39, 0.29) is 20.1 Å². The van der Waals surface area contributed by atoms with Gasteiger partial charge in [0.05, 0.1) is 10.7 Å². The van der Waals surface area contributed by atoms with E-state index in [9.17, 15) is 8.42 Å². The van der Waals surface area contributed by atoms with Gasteiger partial charge in [0.15, 0.2) is 0 Å². The first-order valence-electron chi connectivity index (χ1n) is 6.49. The van der Waals surface area contributed by atoms with Gasteiger partial charge in [-0.05, 0) is 29.8 Å². The second-order valence-electron chi connectivity index (χ2n) is 4.63. The summed E-state index contributed by atoms with van der Waals surface area (Å²) in [7, 11) is -3.63. The number of benzene rings is 1. The molecule has 2 heterocycles. The maximum absolute atomic E-state index is 12.2. The molecule has 0 saturated carbocycles. The first kappa shape index (κ1) is 16.5. The molecule has 0 aliphatic rings. The van der Waals surface area contributed by atoms with Gasteiger partial charge in [0, 0.05) is 18.9 Å². The van der Waals surface area contributed by atoms with Crippen molar-refractivity contribution < 1.29 is 8.42 Å². The summed E-state index contributed by atoms with van der Waals surface area (Å²) >= 11 is 12.5. The summed E-state index contributed by atoms with van der Waals surface area (Å²) in [6.45, 7) is 0.175. The Balaban J connectivity index is 1.70. The fourth-order valence-corrected chi connectivity index (χ4v) is 4.84. The molecule has 5 nitrogen and oxygen atoms in total. The molecule has 3 aromatic rings. The van der Waals surface area contributed by atoms with Gasteiger partial charge in [0.1, 0.15) is 8.55 Å². The highest BCUT2D eigenvalue weighted by atomic mass is 35.5. The van der Waals surface area contributed by atoms with E-state index in [0.717, 1.165) is 22.6 Å². The Kier molecular flexibility index (Phi) is 4.74. The number of halogens is 2. The van der Waals surface area contributed by atoms with E-state index < -0.39 is 10.0 Å². The van der Waals surface area contributed by atoms with E-state index in [1.54, 1.807) is 10.9 Å². The molecule has 1 aromatic carbocycles. The van der Waals surface area contributed by atoms with Gasteiger partial charge in [-0.25, -0.2) is 17.8 Å². The average molecular weight is 388 g/mol. The van der Waals surface area contributed by atoms with Crippen molar-refractivity contribution in [1.82, 2.24) is 14.5 Å². The standard InChI is InChI=1S/C14H11Cl2N3O2S2/c15-12-8-13(22-14(12)16)23(20,21)18-9-10-2-4-11(5-3-10)19-7-1-6-17-19/h1-8,18H,9H2. The van der Waals surface area contributed by atoms with E-state index >= 15 is 0 Å². The number of sulfonamides is 1. The Morgan fingerprint density at radius 2 is 1.96 bits per heavy atom. The number of nitrogens with one attached hydrogen (secondary N) is 1. The fraction of sp³-hybridized carbons (Fsp3) is 0.0714. The molecule has 2 aromatic heterocycles. The molecule has 0 bridgehead atoms. The van der Waals surface area contributed by atoms with Gasteiger partial charge in [0.25, 0.3) is 0 Å². The van der Waals surface area contributed by atoms with Crippen molar-refractivity contribution in [1.29, 1.82) is 0 Å². The fourth-order valence-electron chi connectivity index (χ4n) is 1.90. The van der Waals surface area contributed by atoms with Crippen LogP contribution in [-0.2, 0) is 16.6 Å². The molecular weight excluding hydrogens is 377 g/mol. The molecule has 0 aliphatic carbocycles. The quantitative estimate of drug-likeness (QED) is 0.725. The number of thiophene rings is 1. The molecule has 0 atom stereocenters. The van der Waals surface area contributed by atoms with E-state index in [2.05, 4.69) is 9.82 Å². The Hall–Kier alpha value is -1.38. The largest absolute Gasteiger partial charge is 0.250 e. The molecule has 0 spiro atoms. The molecular formula is C14H11Cl2N3O2S2. The van der Waals surface area contributed by atoms with Gasteiger partial charge in [-0.15, -0.1) is 11.3 Å². The zero-order chi connectivity index (χ0) is 16.4. The van der Waals surface area contributed by atoms with Crippen LogP contribution < -0.4 is 4.72 Å². The van der Waals surface area contributed by atoms with Crippen LogP contribution in [0.15, 0.2) is 53.0 Å². The lowest BCUT2D eigenvalue weighted by Crippen LogP contribution is -2.22. The number of aromatic nitrogens is 2. The molecule has 23 heavy (non-hydrogen) atoms. The van der Waals surface area contributed by atoms with Crippen LogP contribution in [0.3, 0.4) is 0 Å². The van der Waals surface area contributed by atoms with Gasteiger partial charge in [-0.2, -0.15) is 5.10 Å². The van der Waals surface area contributed by atoms with Crippen LogP contribution in [0.5, 0.6) is 0 Å². The molecule has 0 unspecified atom stereocenters. The summed E-state index contributed by atoms with van der Waals surface area (Å²) in [5.74, 6) is 0. The minimum absolute atomic E-state index is 0.0978. The normalized spacial score (nSPS) is 11.7. The van der Waals surface area contributed by atoms with Crippen LogP contribution in [0.4, 0.5) is 0 Å². The monoisotopic (exact) mass is 387 g/mol. The van der Waals surface area contributed by atoms with E-state index in [4.69, 9.17) is 23.2 Å². The number of hydrogen-bond donors (Lipinski definition) is 1. The van der Waals surface area contributed by atoms with Crippen LogP contribution in [-0.4, -0.2) is 18.2 Å². The topological polar surface area (TPSA) is 64.0 Å². The predicted molar refractivity (Wildman–Crippen MR) is 91.9 cm³/mol. The number of nitrogens with zero attached hydrogens (tertiary/aromatic N) is 2. The van der Waals surface area contributed by atoms with Crippen LogP contribution >= 0.6 is 34.5 Å². The van der Waals surface area contributed by atoms with Gasteiger partial charge >= 0.3 is 0 Å². The lowest BCUT2D eigenvalue weighted by Gasteiger charge is -2.06. The van der Waals surface area contributed by atoms with Crippen LogP contribution in [0.1, 0.15) is 5.56 Å². The Morgan fingerprint density at radius 1 is 1.22 bits per heavy atom. The van der Waals surface area contributed by atoms with Crippen molar-refractivity contribution in [2.75, 3.05) is 0 Å². The van der Waals surface area contributed by atoms with Crippen LogP contribution in [0, 0.1) is 0 Å². The molecule has 1 N–H and O–H groups in total. The Bertz CT molecular complexity index is 885. The minimum atomic E-state index is -3.63. The van der Waals surface area contributed by atoms with Crippen molar-refractivity contribution in [2.24, 2.45) is 0 Å². The Morgan fingerprint density at radius 3 is 2.52 bits per heavy atom. The van der Waals surface area contributed by atoms with Crippen molar-refractivity contribution in [3.63, 3.8) is 0 Å². The molecule has 3 rings (SSSR count). The highest BCUT2D eigenvalue weighted by Crippen LogP contribution is 2.34. The van der Waals surface area contributed by atoms with Gasteiger partial charge in [0.2, 0.25) is 10.0 Å². The van der Waals surface area contributed by atoms with Gasteiger partial charge < -0.3 is 0 Å². The van der Waals surface area contributed by atoms with E-state index in [1.807, 2.05) is 36.5 Å². The molecule has 120 valence electrons. The summed E-state index contributed by atoms with van der Waals surface area (Å²) < 4.78 is 29.0. The summed E-state index contributed by atoms with van der Waals surface area (Å²) in [6.07, 6.45) is 3.53. The van der Waals surface area contributed by atoms with Crippen molar-refractivity contribution in [2.45, 2.75) is 10.8 Å². The highest BCUT2D eigenvalue weighted by molar-refractivity contribution is 7.91. The first-order valence-corrected chi connectivity index (χ1v) is 9.55. The summed E-state index contributed by atoms with van der Waals surface area (Å²) in [4.78, 5) is 0. The highest BCUT2D eigenvalue weighted by Gasteiger charge is 2.18. The van der Waals surface area contributed by atoms with Gasteiger partial charge in [-0.3, -0.25) is 0 Å². The zero-order valence-corrected chi connectivity index (χ0v) is 14.8. The molecule has 9 heteroatoms. The SMILES string of the molecule is O=S(=O)(NCc1ccc(-n2cccn2)cc1)c1cc(Cl)c(Cl)s1. The third-order valence-corrected chi connectivity index (χ3v) is 6.80. The molecule has 0 fully saturated rings. The zero-order valence-electron chi connectivity index (χ0n) is 11.6. The molecule has 0 saturated heterocycles. The van der Waals surface area contributed by atoms with E-state index in [0.29, 0.717) is 0 Å². The lowest BCUT2D eigenvalue weighted by molar-refractivity contribution is 0.583.